The van der Waals surface area contributed by atoms with Gasteiger partial charge in [0.05, 0.1) is 17.8 Å². The molecule has 1 aliphatic heterocycles. The molecule has 1 aliphatic rings. The Kier molecular flexibility index (Phi) is 5.52. The van der Waals surface area contributed by atoms with Crippen LogP contribution in [-0.4, -0.2) is 62.6 Å². The van der Waals surface area contributed by atoms with Crippen molar-refractivity contribution in [3.63, 3.8) is 0 Å². The summed E-state index contributed by atoms with van der Waals surface area (Å²) in [4.78, 5) is 37.6. The van der Waals surface area contributed by atoms with E-state index in [0.29, 0.717) is 25.2 Å². The van der Waals surface area contributed by atoms with Crippen LogP contribution < -0.4 is 5.32 Å². The first-order valence-corrected chi connectivity index (χ1v) is 8.18. The smallest absolute Gasteiger partial charge is 0.340 e. The predicted octanol–water partition coefficient (Wildman–Crippen LogP) is 0.0910. The van der Waals surface area contributed by atoms with E-state index >= 15 is 0 Å². The zero-order valence-electron chi connectivity index (χ0n) is 14.0. The number of hydrogen-bond donors (Lipinski definition) is 1. The lowest BCUT2D eigenvalue weighted by Crippen LogP contribution is -2.29. The zero-order valence-corrected chi connectivity index (χ0v) is 14.0. The number of aromatic nitrogens is 4. The Morgan fingerprint density at radius 3 is 2.85 bits per heavy atom. The molecule has 0 unspecified atom stereocenters. The second-order valence-electron chi connectivity index (χ2n) is 5.72. The highest BCUT2D eigenvalue weighted by molar-refractivity contribution is 6.01. The van der Waals surface area contributed by atoms with Gasteiger partial charge in [-0.15, -0.1) is 5.10 Å². The minimum absolute atomic E-state index is 0.0759. The van der Waals surface area contributed by atoms with Crippen LogP contribution in [0.4, 0.5) is 5.69 Å². The number of benzene rings is 1. The Bertz CT molecular complexity index is 792. The Morgan fingerprint density at radius 2 is 2.12 bits per heavy atom. The lowest BCUT2D eigenvalue weighted by Gasteiger charge is -2.16. The van der Waals surface area contributed by atoms with Gasteiger partial charge >= 0.3 is 5.97 Å². The SMILES string of the molecule is O=C(Cn1cnnn1)Nc1ccccc1C(=O)OCCN1CCCC1=O. The average Bonchev–Trinajstić information content (AvgIpc) is 3.27. The van der Waals surface area contributed by atoms with Gasteiger partial charge in [-0.2, -0.15) is 0 Å². The lowest BCUT2D eigenvalue weighted by molar-refractivity contribution is -0.128. The summed E-state index contributed by atoms with van der Waals surface area (Å²) in [5.74, 6) is -0.855. The van der Waals surface area contributed by atoms with Gasteiger partial charge in [0.15, 0.2) is 0 Å². The molecule has 2 aromatic rings. The van der Waals surface area contributed by atoms with E-state index < -0.39 is 5.97 Å². The van der Waals surface area contributed by atoms with E-state index in [0.717, 1.165) is 6.42 Å². The Labute approximate surface area is 149 Å². The summed E-state index contributed by atoms with van der Waals surface area (Å²) >= 11 is 0. The summed E-state index contributed by atoms with van der Waals surface area (Å²) in [6, 6.07) is 6.55. The first-order chi connectivity index (χ1) is 12.6. The molecule has 0 bridgehead atoms. The van der Waals surface area contributed by atoms with Crippen molar-refractivity contribution < 1.29 is 19.1 Å². The van der Waals surface area contributed by atoms with E-state index in [1.807, 2.05) is 0 Å². The third kappa shape index (κ3) is 4.41. The average molecular weight is 358 g/mol. The van der Waals surface area contributed by atoms with Crippen LogP contribution in [0.25, 0.3) is 0 Å². The van der Waals surface area contributed by atoms with Crippen molar-refractivity contribution in [1.82, 2.24) is 25.1 Å². The van der Waals surface area contributed by atoms with Crippen LogP contribution in [0.5, 0.6) is 0 Å². The predicted molar refractivity (Wildman–Crippen MR) is 89.0 cm³/mol. The van der Waals surface area contributed by atoms with Gasteiger partial charge in [-0.25, -0.2) is 9.48 Å². The molecule has 10 nitrogen and oxygen atoms in total. The summed E-state index contributed by atoms with van der Waals surface area (Å²) in [7, 11) is 0. The van der Waals surface area contributed by atoms with Crippen LogP contribution >= 0.6 is 0 Å². The summed E-state index contributed by atoms with van der Waals surface area (Å²) in [6.07, 6.45) is 2.70. The van der Waals surface area contributed by atoms with E-state index in [1.54, 1.807) is 29.2 Å². The number of hydrogen-bond acceptors (Lipinski definition) is 7. The molecule has 0 radical (unpaired) electrons. The van der Waals surface area contributed by atoms with Crippen LogP contribution in [0.3, 0.4) is 0 Å². The molecule has 0 spiro atoms. The Morgan fingerprint density at radius 1 is 1.27 bits per heavy atom. The quantitative estimate of drug-likeness (QED) is 0.697. The highest BCUT2D eigenvalue weighted by Gasteiger charge is 2.20. The number of ether oxygens (including phenoxy) is 1. The zero-order chi connectivity index (χ0) is 18.4. The van der Waals surface area contributed by atoms with Gasteiger partial charge in [0, 0.05) is 13.0 Å². The van der Waals surface area contributed by atoms with Crippen molar-refractivity contribution in [2.24, 2.45) is 0 Å². The summed E-state index contributed by atoms with van der Waals surface area (Å²) in [5, 5.41) is 13.2. The number of carbonyl (C=O) groups is 3. The van der Waals surface area contributed by atoms with Crippen molar-refractivity contribution in [2.75, 3.05) is 25.0 Å². The van der Waals surface area contributed by atoms with Crippen LogP contribution in [0.15, 0.2) is 30.6 Å². The maximum atomic E-state index is 12.3. The van der Waals surface area contributed by atoms with Gasteiger partial charge < -0.3 is 15.0 Å². The normalized spacial score (nSPS) is 13.7. The first kappa shape index (κ1) is 17.5. The molecular formula is C16H18N6O4. The topological polar surface area (TPSA) is 119 Å². The Balaban J connectivity index is 1.56. The second kappa shape index (κ2) is 8.19. The summed E-state index contributed by atoms with van der Waals surface area (Å²) in [6.45, 7) is 1.10. The highest BCUT2D eigenvalue weighted by Crippen LogP contribution is 2.16. The van der Waals surface area contributed by atoms with Crippen LogP contribution in [0.1, 0.15) is 23.2 Å². The number of para-hydroxylation sites is 1. The molecule has 1 fully saturated rings. The molecule has 2 amide bonds. The van der Waals surface area contributed by atoms with E-state index in [4.69, 9.17) is 4.74 Å². The number of tetrazole rings is 1. The van der Waals surface area contributed by atoms with Crippen molar-refractivity contribution in [1.29, 1.82) is 0 Å². The van der Waals surface area contributed by atoms with Crippen LogP contribution in [0.2, 0.25) is 0 Å². The molecule has 26 heavy (non-hydrogen) atoms. The number of nitrogens with zero attached hydrogens (tertiary/aromatic N) is 5. The molecule has 1 aromatic carbocycles. The molecule has 0 aliphatic carbocycles. The van der Waals surface area contributed by atoms with Gasteiger partial charge in [-0.1, -0.05) is 12.1 Å². The molecule has 1 N–H and O–H groups in total. The Hall–Kier alpha value is -3.30. The van der Waals surface area contributed by atoms with Gasteiger partial charge in [0.1, 0.15) is 19.5 Å². The third-order valence-electron chi connectivity index (χ3n) is 3.88. The number of nitrogens with one attached hydrogen (secondary N) is 1. The van der Waals surface area contributed by atoms with Crippen molar-refractivity contribution in [2.45, 2.75) is 19.4 Å². The summed E-state index contributed by atoms with van der Waals surface area (Å²) in [5.41, 5.74) is 0.582. The molecule has 1 aromatic heterocycles. The molecular weight excluding hydrogens is 340 g/mol. The molecule has 1 saturated heterocycles. The van der Waals surface area contributed by atoms with Crippen LogP contribution in [0, 0.1) is 0 Å². The van der Waals surface area contributed by atoms with Gasteiger partial charge in [-0.05, 0) is 29.0 Å². The lowest BCUT2D eigenvalue weighted by atomic mass is 10.2. The third-order valence-corrected chi connectivity index (χ3v) is 3.88. The highest BCUT2D eigenvalue weighted by atomic mass is 16.5. The molecule has 0 saturated carbocycles. The number of amides is 2. The fourth-order valence-electron chi connectivity index (χ4n) is 2.63. The molecule has 2 heterocycles. The second-order valence-corrected chi connectivity index (χ2v) is 5.72. The number of esters is 1. The number of likely N-dealkylation sites (tertiary alicyclic amines) is 1. The van der Waals surface area contributed by atoms with Crippen molar-refractivity contribution >= 4 is 23.5 Å². The maximum absolute atomic E-state index is 12.3. The number of anilines is 1. The van der Waals surface area contributed by atoms with Crippen molar-refractivity contribution in [3.05, 3.63) is 36.2 Å². The van der Waals surface area contributed by atoms with Crippen molar-refractivity contribution in [3.8, 4) is 0 Å². The minimum Gasteiger partial charge on any atom is -0.460 e. The van der Waals surface area contributed by atoms with E-state index in [1.165, 1.54) is 11.0 Å². The van der Waals surface area contributed by atoms with E-state index in [-0.39, 0.29) is 30.5 Å². The molecule has 3 rings (SSSR count). The molecule has 10 heteroatoms. The number of rotatable bonds is 7. The van der Waals surface area contributed by atoms with E-state index in [9.17, 15) is 14.4 Å². The molecule has 0 atom stereocenters. The fourth-order valence-corrected chi connectivity index (χ4v) is 2.63. The first-order valence-electron chi connectivity index (χ1n) is 8.18. The van der Waals surface area contributed by atoms with Crippen LogP contribution in [-0.2, 0) is 20.9 Å². The summed E-state index contributed by atoms with van der Waals surface area (Å²) < 4.78 is 6.51. The molecule has 136 valence electrons. The standard InChI is InChI=1S/C16H18N6O4/c23-14(10-22-11-17-19-20-22)18-13-5-2-1-4-12(13)16(25)26-9-8-21-7-3-6-15(21)24/h1-2,4-5,11H,3,6-10H2,(H,18,23). The van der Waals surface area contributed by atoms with E-state index in [2.05, 4.69) is 20.8 Å². The minimum atomic E-state index is -0.560. The fraction of sp³-hybridized carbons (Fsp3) is 0.375. The number of carbonyl (C=O) groups excluding carboxylic acids is 3. The van der Waals surface area contributed by atoms with Gasteiger partial charge in [0.2, 0.25) is 11.8 Å². The maximum Gasteiger partial charge on any atom is 0.340 e. The largest absolute Gasteiger partial charge is 0.460 e. The monoisotopic (exact) mass is 358 g/mol. The van der Waals surface area contributed by atoms with Gasteiger partial charge in [-0.3, -0.25) is 9.59 Å². The van der Waals surface area contributed by atoms with Gasteiger partial charge in [0.25, 0.3) is 0 Å².